The van der Waals surface area contributed by atoms with E-state index in [4.69, 9.17) is 10.1 Å². The first-order chi connectivity index (χ1) is 11.6. The summed E-state index contributed by atoms with van der Waals surface area (Å²) in [5.41, 5.74) is 3.82. The van der Waals surface area contributed by atoms with Crippen molar-refractivity contribution in [1.82, 2.24) is 0 Å². The van der Waals surface area contributed by atoms with Crippen molar-refractivity contribution in [2.24, 2.45) is 0 Å². The molecule has 0 bridgehead atoms. The van der Waals surface area contributed by atoms with Crippen LogP contribution in [0.3, 0.4) is 0 Å². The Labute approximate surface area is 142 Å². The highest BCUT2D eigenvalue weighted by molar-refractivity contribution is 6.05. The van der Waals surface area contributed by atoms with Gasteiger partial charge < -0.3 is 15.5 Å². The number of hydrogen-bond donors (Lipinski definition) is 2. The van der Waals surface area contributed by atoms with Crippen LogP contribution < -0.4 is 10.1 Å². The van der Waals surface area contributed by atoms with Crippen molar-refractivity contribution in [3.63, 3.8) is 0 Å². The third kappa shape index (κ3) is 3.48. The molecular formula is C20H22N2O2. The van der Waals surface area contributed by atoms with E-state index in [2.05, 4.69) is 12.2 Å². The van der Waals surface area contributed by atoms with Crippen LogP contribution in [0, 0.1) is 5.41 Å². The molecule has 1 heterocycles. The molecule has 1 amide bonds. The first-order valence-electron chi connectivity index (χ1n) is 8.33. The van der Waals surface area contributed by atoms with Gasteiger partial charge in [-0.3, -0.25) is 4.79 Å². The molecule has 1 aliphatic rings. The molecule has 1 atom stereocenters. The number of anilines is 1. The summed E-state index contributed by atoms with van der Waals surface area (Å²) >= 11 is 0. The van der Waals surface area contributed by atoms with Crippen LogP contribution >= 0.6 is 0 Å². The van der Waals surface area contributed by atoms with E-state index >= 15 is 0 Å². The van der Waals surface area contributed by atoms with Crippen LogP contribution in [0.2, 0.25) is 0 Å². The lowest BCUT2D eigenvalue weighted by Crippen LogP contribution is -2.21. The Morgan fingerprint density at radius 1 is 1.21 bits per heavy atom. The fourth-order valence-electron chi connectivity index (χ4n) is 2.88. The maximum absolute atomic E-state index is 12.4. The molecule has 0 saturated carbocycles. The third-order valence-corrected chi connectivity index (χ3v) is 4.38. The summed E-state index contributed by atoms with van der Waals surface area (Å²) in [5.74, 6) is 0.782. The van der Waals surface area contributed by atoms with Gasteiger partial charge in [0.2, 0.25) is 0 Å². The summed E-state index contributed by atoms with van der Waals surface area (Å²) in [6.07, 6.45) is 3.31. The summed E-state index contributed by atoms with van der Waals surface area (Å²) < 4.78 is 5.93. The van der Waals surface area contributed by atoms with Gasteiger partial charge in [0.25, 0.3) is 5.91 Å². The van der Waals surface area contributed by atoms with Crippen LogP contribution in [-0.4, -0.2) is 17.7 Å². The summed E-state index contributed by atoms with van der Waals surface area (Å²) in [5, 5.41) is 10.5. The fourth-order valence-corrected chi connectivity index (χ4v) is 2.88. The topological polar surface area (TPSA) is 62.2 Å². The second-order valence-corrected chi connectivity index (χ2v) is 6.17. The first-order valence-corrected chi connectivity index (χ1v) is 8.33. The Bertz CT molecular complexity index is 766. The van der Waals surface area contributed by atoms with Gasteiger partial charge in [0.05, 0.1) is 6.10 Å². The van der Waals surface area contributed by atoms with E-state index in [0.717, 1.165) is 41.8 Å². The van der Waals surface area contributed by atoms with Crippen molar-refractivity contribution in [2.45, 2.75) is 39.2 Å². The first kappa shape index (κ1) is 16.2. The Morgan fingerprint density at radius 2 is 1.92 bits per heavy atom. The number of aryl methyl sites for hydroxylation is 1. The van der Waals surface area contributed by atoms with Crippen LogP contribution in [-0.2, 0) is 6.42 Å². The standard InChI is InChI=1S/C20H22N2O2/c1-3-18-10-8-16-12-17(9-11-19(16)24-18)22-20(23)15-6-4-14(5-7-15)13(2)21/h4-7,9,11-12,18,21H,3,8,10H2,1-2H3,(H,22,23). The van der Waals surface area contributed by atoms with Gasteiger partial charge in [-0.2, -0.15) is 0 Å². The zero-order valence-corrected chi connectivity index (χ0v) is 14.1. The van der Waals surface area contributed by atoms with Gasteiger partial charge in [0, 0.05) is 17.0 Å². The molecule has 0 aliphatic carbocycles. The van der Waals surface area contributed by atoms with Crippen LogP contribution in [0.15, 0.2) is 42.5 Å². The van der Waals surface area contributed by atoms with Crippen molar-refractivity contribution in [3.8, 4) is 5.75 Å². The second kappa shape index (κ2) is 6.87. The normalized spacial score (nSPS) is 16.0. The van der Waals surface area contributed by atoms with E-state index in [1.54, 1.807) is 31.2 Å². The average Bonchev–Trinajstić information content (AvgIpc) is 2.61. The van der Waals surface area contributed by atoms with Crippen LogP contribution in [0.4, 0.5) is 5.69 Å². The van der Waals surface area contributed by atoms with Crippen LogP contribution in [0.5, 0.6) is 5.75 Å². The van der Waals surface area contributed by atoms with E-state index in [1.807, 2.05) is 18.2 Å². The number of nitrogens with one attached hydrogen (secondary N) is 2. The summed E-state index contributed by atoms with van der Waals surface area (Å²) in [6, 6.07) is 12.9. The molecule has 3 rings (SSSR count). The van der Waals surface area contributed by atoms with E-state index in [9.17, 15) is 4.79 Å². The minimum absolute atomic E-state index is 0.146. The molecule has 1 unspecified atom stereocenters. The van der Waals surface area contributed by atoms with E-state index in [1.165, 1.54) is 0 Å². The number of rotatable bonds is 4. The van der Waals surface area contributed by atoms with Gasteiger partial charge in [-0.05, 0) is 67.6 Å². The molecule has 0 radical (unpaired) electrons. The van der Waals surface area contributed by atoms with Gasteiger partial charge in [0.15, 0.2) is 0 Å². The molecular weight excluding hydrogens is 300 g/mol. The molecule has 4 heteroatoms. The van der Waals surface area contributed by atoms with Crippen molar-refractivity contribution >= 4 is 17.3 Å². The number of ether oxygens (including phenoxy) is 1. The highest BCUT2D eigenvalue weighted by atomic mass is 16.5. The summed E-state index contributed by atoms with van der Waals surface area (Å²) in [4.78, 5) is 12.4. The Balaban J connectivity index is 1.72. The smallest absolute Gasteiger partial charge is 0.255 e. The Hall–Kier alpha value is -2.62. The van der Waals surface area contributed by atoms with Crippen molar-refractivity contribution in [2.75, 3.05) is 5.32 Å². The van der Waals surface area contributed by atoms with Gasteiger partial charge in [-0.25, -0.2) is 0 Å². The lowest BCUT2D eigenvalue weighted by Gasteiger charge is -2.25. The average molecular weight is 322 g/mol. The molecule has 0 saturated heterocycles. The zero-order valence-electron chi connectivity index (χ0n) is 14.1. The quantitative estimate of drug-likeness (QED) is 0.818. The molecule has 0 spiro atoms. The molecule has 2 aromatic rings. The Kier molecular flexibility index (Phi) is 4.65. The van der Waals surface area contributed by atoms with Crippen LogP contribution in [0.25, 0.3) is 0 Å². The molecule has 124 valence electrons. The molecule has 0 aromatic heterocycles. The predicted octanol–water partition coefficient (Wildman–Crippen LogP) is 4.43. The number of fused-ring (bicyclic) bond motifs is 1. The number of carbonyl (C=O) groups is 1. The van der Waals surface area contributed by atoms with Crippen molar-refractivity contribution < 1.29 is 9.53 Å². The highest BCUT2D eigenvalue weighted by Gasteiger charge is 2.18. The SMILES string of the molecule is CCC1CCc2cc(NC(=O)c3ccc(C(C)=N)cc3)ccc2O1. The van der Waals surface area contributed by atoms with Crippen LogP contribution in [0.1, 0.15) is 48.2 Å². The fraction of sp³-hybridized carbons (Fsp3) is 0.300. The zero-order chi connectivity index (χ0) is 17.1. The van der Waals surface area contributed by atoms with Gasteiger partial charge >= 0.3 is 0 Å². The number of carbonyl (C=O) groups excluding carboxylic acids is 1. The monoisotopic (exact) mass is 322 g/mol. The molecule has 2 N–H and O–H groups in total. The maximum Gasteiger partial charge on any atom is 0.255 e. The minimum Gasteiger partial charge on any atom is -0.490 e. The molecule has 2 aromatic carbocycles. The largest absolute Gasteiger partial charge is 0.490 e. The molecule has 4 nitrogen and oxygen atoms in total. The van der Waals surface area contributed by atoms with E-state index < -0.39 is 0 Å². The highest BCUT2D eigenvalue weighted by Crippen LogP contribution is 2.31. The molecule has 1 aliphatic heterocycles. The third-order valence-electron chi connectivity index (χ3n) is 4.38. The predicted molar refractivity (Wildman–Crippen MR) is 96.4 cm³/mol. The van der Waals surface area contributed by atoms with Gasteiger partial charge in [0.1, 0.15) is 5.75 Å². The summed E-state index contributed by atoms with van der Waals surface area (Å²) in [6.45, 7) is 3.86. The van der Waals surface area contributed by atoms with Gasteiger partial charge in [-0.15, -0.1) is 0 Å². The number of benzene rings is 2. The van der Waals surface area contributed by atoms with E-state index in [-0.39, 0.29) is 5.91 Å². The Morgan fingerprint density at radius 3 is 2.58 bits per heavy atom. The van der Waals surface area contributed by atoms with Crippen molar-refractivity contribution in [1.29, 1.82) is 5.41 Å². The van der Waals surface area contributed by atoms with Gasteiger partial charge in [-0.1, -0.05) is 19.1 Å². The summed E-state index contributed by atoms with van der Waals surface area (Å²) in [7, 11) is 0. The number of amides is 1. The van der Waals surface area contributed by atoms with E-state index in [0.29, 0.717) is 17.4 Å². The number of hydrogen-bond acceptors (Lipinski definition) is 3. The molecule has 24 heavy (non-hydrogen) atoms. The lowest BCUT2D eigenvalue weighted by atomic mass is 10.0. The maximum atomic E-state index is 12.4. The molecule has 0 fully saturated rings. The second-order valence-electron chi connectivity index (χ2n) is 6.17. The lowest BCUT2D eigenvalue weighted by molar-refractivity contribution is 0.102. The minimum atomic E-state index is -0.146. The van der Waals surface area contributed by atoms with Crippen molar-refractivity contribution in [3.05, 3.63) is 59.2 Å².